The largest absolute Gasteiger partial charge is 0.316 e. The second-order valence-electron chi connectivity index (χ2n) is 2.34. The standard InChI is InChI=1S/C9H10N2.C2H6/c1-11-7-9-4-2-3-8(5-9)6-10;1-2/h2-5,11H,7H2,1H3;1-2H3. The van der Waals surface area contributed by atoms with Crippen LogP contribution < -0.4 is 5.32 Å². The van der Waals surface area contributed by atoms with Crippen LogP contribution in [0.4, 0.5) is 0 Å². The molecule has 1 rings (SSSR count). The smallest absolute Gasteiger partial charge is 0.0991 e. The van der Waals surface area contributed by atoms with E-state index in [1.807, 2.05) is 39.1 Å². The molecule has 0 fully saturated rings. The van der Waals surface area contributed by atoms with Gasteiger partial charge in [-0.3, -0.25) is 0 Å². The van der Waals surface area contributed by atoms with Crippen LogP contribution in [0.25, 0.3) is 0 Å². The molecule has 13 heavy (non-hydrogen) atoms. The molecule has 2 heteroatoms. The predicted octanol–water partition coefficient (Wildman–Crippen LogP) is 2.30. The van der Waals surface area contributed by atoms with Gasteiger partial charge in [0.1, 0.15) is 0 Å². The lowest BCUT2D eigenvalue weighted by Crippen LogP contribution is -2.04. The first-order valence-electron chi connectivity index (χ1n) is 4.50. The number of nitriles is 1. The second kappa shape index (κ2) is 7.33. The highest BCUT2D eigenvalue weighted by Gasteiger charge is 1.91. The van der Waals surface area contributed by atoms with E-state index in [4.69, 9.17) is 5.26 Å². The molecule has 1 aromatic rings. The first-order chi connectivity index (χ1) is 6.36. The van der Waals surface area contributed by atoms with Crippen LogP contribution in [0.5, 0.6) is 0 Å². The Morgan fingerprint density at radius 2 is 2.08 bits per heavy atom. The summed E-state index contributed by atoms with van der Waals surface area (Å²) >= 11 is 0. The molecule has 1 aromatic carbocycles. The summed E-state index contributed by atoms with van der Waals surface area (Å²) in [6.45, 7) is 4.81. The van der Waals surface area contributed by atoms with Crippen LogP contribution in [0.1, 0.15) is 25.0 Å². The van der Waals surface area contributed by atoms with Crippen LogP contribution in [0.15, 0.2) is 24.3 Å². The van der Waals surface area contributed by atoms with E-state index in [0.29, 0.717) is 0 Å². The minimum Gasteiger partial charge on any atom is -0.316 e. The molecular formula is C11H16N2. The van der Waals surface area contributed by atoms with E-state index in [1.165, 1.54) is 0 Å². The zero-order valence-corrected chi connectivity index (χ0v) is 8.46. The van der Waals surface area contributed by atoms with E-state index in [2.05, 4.69) is 11.4 Å². The lowest BCUT2D eigenvalue weighted by atomic mass is 10.1. The molecule has 0 spiro atoms. The van der Waals surface area contributed by atoms with Crippen molar-refractivity contribution in [2.75, 3.05) is 7.05 Å². The fourth-order valence-corrected chi connectivity index (χ4v) is 0.955. The summed E-state index contributed by atoms with van der Waals surface area (Å²) in [6.07, 6.45) is 0. The van der Waals surface area contributed by atoms with Crippen molar-refractivity contribution in [2.45, 2.75) is 20.4 Å². The Morgan fingerprint density at radius 3 is 2.62 bits per heavy atom. The minimum atomic E-state index is 0.720. The molecule has 0 atom stereocenters. The average molecular weight is 176 g/mol. The predicted molar refractivity (Wildman–Crippen MR) is 55.3 cm³/mol. The topological polar surface area (TPSA) is 35.8 Å². The zero-order chi connectivity index (χ0) is 10.1. The molecular weight excluding hydrogens is 160 g/mol. The van der Waals surface area contributed by atoms with Crippen LogP contribution in [-0.2, 0) is 6.54 Å². The number of hydrogen-bond acceptors (Lipinski definition) is 2. The first-order valence-corrected chi connectivity index (χ1v) is 4.50. The highest BCUT2D eigenvalue weighted by atomic mass is 14.8. The maximum Gasteiger partial charge on any atom is 0.0991 e. The van der Waals surface area contributed by atoms with Crippen molar-refractivity contribution in [3.63, 3.8) is 0 Å². The van der Waals surface area contributed by atoms with Crippen molar-refractivity contribution in [1.29, 1.82) is 5.26 Å². The Kier molecular flexibility index (Phi) is 6.58. The summed E-state index contributed by atoms with van der Waals surface area (Å²) in [6, 6.07) is 9.68. The van der Waals surface area contributed by atoms with Crippen LogP contribution in [0.2, 0.25) is 0 Å². The molecule has 0 unspecified atom stereocenters. The van der Waals surface area contributed by atoms with Crippen LogP contribution in [-0.4, -0.2) is 7.05 Å². The van der Waals surface area contributed by atoms with Gasteiger partial charge in [-0.25, -0.2) is 0 Å². The highest BCUT2D eigenvalue weighted by Crippen LogP contribution is 2.02. The van der Waals surface area contributed by atoms with Crippen molar-refractivity contribution in [3.8, 4) is 6.07 Å². The molecule has 0 saturated heterocycles. The average Bonchev–Trinajstić information content (AvgIpc) is 2.22. The molecule has 0 aliphatic heterocycles. The molecule has 0 saturated carbocycles. The summed E-state index contributed by atoms with van der Waals surface area (Å²) < 4.78 is 0. The number of nitrogens with one attached hydrogen (secondary N) is 1. The molecule has 0 radical (unpaired) electrons. The van der Waals surface area contributed by atoms with Gasteiger partial charge in [-0.1, -0.05) is 26.0 Å². The van der Waals surface area contributed by atoms with Gasteiger partial charge in [0.05, 0.1) is 11.6 Å². The summed E-state index contributed by atoms with van der Waals surface area (Å²) in [4.78, 5) is 0. The maximum absolute atomic E-state index is 8.56. The first kappa shape index (κ1) is 11.7. The fraction of sp³-hybridized carbons (Fsp3) is 0.364. The van der Waals surface area contributed by atoms with Crippen molar-refractivity contribution >= 4 is 0 Å². The summed E-state index contributed by atoms with van der Waals surface area (Å²) in [5.41, 5.74) is 1.87. The van der Waals surface area contributed by atoms with Crippen molar-refractivity contribution < 1.29 is 0 Å². The third-order valence-corrected chi connectivity index (χ3v) is 1.44. The quantitative estimate of drug-likeness (QED) is 0.750. The molecule has 0 amide bonds. The summed E-state index contributed by atoms with van der Waals surface area (Å²) in [5.74, 6) is 0. The summed E-state index contributed by atoms with van der Waals surface area (Å²) in [5, 5.41) is 11.6. The van der Waals surface area contributed by atoms with Gasteiger partial charge in [0.25, 0.3) is 0 Å². The van der Waals surface area contributed by atoms with Crippen LogP contribution in [0, 0.1) is 11.3 Å². The van der Waals surface area contributed by atoms with Crippen molar-refractivity contribution in [1.82, 2.24) is 5.32 Å². The molecule has 2 nitrogen and oxygen atoms in total. The molecule has 0 heterocycles. The number of rotatable bonds is 2. The van der Waals surface area contributed by atoms with Crippen molar-refractivity contribution in [3.05, 3.63) is 35.4 Å². The van der Waals surface area contributed by atoms with Gasteiger partial charge in [0.2, 0.25) is 0 Å². The lowest BCUT2D eigenvalue weighted by Gasteiger charge is -1.98. The normalized spacial score (nSPS) is 8.15. The number of hydrogen-bond donors (Lipinski definition) is 1. The Hall–Kier alpha value is -1.33. The van der Waals surface area contributed by atoms with Gasteiger partial charge in [-0.15, -0.1) is 0 Å². The number of nitrogens with zero attached hydrogens (tertiary/aromatic N) is 1. The van der Waals surface area contributed by atoms with E-state index in [9.17, 15) is 0 Å². The van der Waals surface area contributed by atoms with E-state index >= 15 is 0 Å². The van der Waals surface area contributed by atoms with Crippen LogP contribution >= 0.6 is 0 Å². The van der Waals surface area contributed by atoms with E-state index in [1.54, 1.807) is 6.07 Å². The molecule has 0 bridgehead atoms. The Bertz CT molecular complexity index is 274. The van der Waals surface area contributed by atoms with E-state index in [0.717, 1.165) is 17.7 Å². The third kappa shape index (κ3) is 4.29. The summed E-state index contributed by atoms with van der Waals surface area (Å²) in [7, 11) is 1.89. The van der Waals surface area contributed by atoms with Gasteiger partial charge in [0.15, 0.2) is 0 Å². The van der Waals surface area contributed by atoms with E-state index < -0.39 is 0 Å². The Labute approximate surface area is 80.2 Å². The molecule has 0 aromatic heterocycles. The van der Waals surface area contributed by atoms with Gasteiger partial charge in [-0.2, -0.15) is 5.26 Å². The monoisotopic (exact) mass is 176 g/mol. The Balaban J connectivity index is 0.000000671. The SMILES string of the molecule is CC.CNCc1cccc(C#N)c1. The van der Waals surface area contributed by atoms with Gasteiger partial charge in [0, 0.05) is 6.54 Å². The fourth-order valence-electron chi connectivity index (χ4n) is 0.955. The minimum absolute atomic E-state index is 0.720. The van der Waals surface area contributed by atoms with Gasteiger partial charge < -0.3 is 5.32 Å². The highest BCUT2D eigenvalue weighted by molar-refractivity contribution is 5.32. The molecule has 70 valence electrons. The third-order valence-electron chi connectivity index (χ3n) is 1.44. The van der Waals surface area contributed by atoms with Gasteiger partial charge >= 0.3 is 0 Å². The molecule has 0 aliphatic carbocycles. The van der Waals surface area contributed by atoms with Crippen molar-refractivity contribution in [2.24, 2.45) is 0 Å². The molecule has 0 aliphatic rings. The van der Waals surface area contributed by atoms with E-state index in [-0.39, 0.29) is 0 Å². The number of benzene rings is 1. The maximum atomic E-state index is 8.56. The second-order valence-corrected chi connectivity index (χ2v) is 2.34. The van der Waals surface area contributed by atoms with Crippen LogP contribution in [0.3, 0.4) is 0 Å². The lowest BCUT2D eigenvalue weighted by molar-refractivity contribution is 0.817. The van der Waals surface area contributed by atoms with Gasteiger partial charge in [-0.05, 0) is 24.7 Å². The molecule has 1 N–H and O–H groups in total. The zero-order valence-electron chi connectivity index (χ0n) is 8.46. The Morgan fingerprint density at radius 1 is 1.38 bits per heavy atom.